The van der Waals surface area contributed by atoms with E-state index >= 15 is 0 Å². The smallest absolute Gasteiger partial charge is 0.181 e. The Bertz CT molecular complexity index is 286. The fraction of sp³-hybridized carbons (Fsp3) is 0. The largest absolute Gasteiger partial charge is 0.250 e. The molecule has 0 saturated carbocycles. The van der Waals surface area contributed by atoms with Crippen molar-refractivity contribution >= 4 is 11.2 Å². The second kappa shape index (κ2) is 3.44. The van der Waals surface area contributed by atoms with E-state index in [2.05, 4.69) is 19.9 Å². The van der Waals surface area contributed by atoms with Crippen LogP contribution in [0.5, 0.6) is 0 Å². The minimum atomic E-state index is 0. The van der Waals surface area contributed by atoms with Gasteiger partial charge in [0, 0.05) is 31.9 Å². The van der Waals surface area contributed by atoms with Gasteiger partial charge >= 0.3 is 0 Å². The Hall–Kier alpha value is -0.957. The van der Waals surface area contributed by atoms with Crippen LogP contribution in [0.3, 0.4) is 0 Å². The zero-order valence-electron chi connectivity index (χ0n) is 5.81. The van der Waals surface area contributed by atoms with E-state index in [0.29, 0.717) is 5.65 Å². The van der Waals surface area contributed by atoms with Gasteiger partial charge in [0.05, 0.1) is 6.20 Å². The average molecular weight is 198 g/mol. The van der Waals surface area contributed by atoms with Gasteiger partial charge in [-0.25, -0.2) is 19.9 Å². The van der Waals surface area contributed by atoms with Gasteiger partial charge in [0.2, 0.25) is 0 Å². The van der Waals surface area contributed by atoms with Gasteiger partial charge in [-0.2, -0.15) is 0 Å². The summed E-state index contributed by atoms with van der Waals surface area (Å²) in [5, 5.41) is 0. The summed E-state index contributed by atoms with van der Waals surface area (Å²) in [4.78, 5) is 15.7. The summed E-state index contributed by atoms with van der Waals surface area (Å²) < 4.78 is 0. The van der Waals surface area contributed by atoms with Crippen molar-refractivity contribution in [2.45, 2.75) is 0 Å². The Kier molecular flexibility index (Phi) is 2.55. The first-order valence-electron chi connectivity index (χ1n) is 2.83. The zero-order valence-corrected chi connectivity index (χ0v) is 8.77. The molecule has 2 rings (SSSR count). The van der Waals surface area contributed by atoms with Gasteiger partial charge < -0.3 is 0 Å². The normalized spacial score (nSPS) is 9.09. The number of nitrogens with zero attached hydrogens (tertiary/aromatic N) is 4. The monoisotopic (exact) mass is 196 g/mol. The summed E-state index contributed by atoms with van der Waals surface area (Å²) >= 11 is 0. The van der Waals surface area contributed by atoms with Crippen LogP contribution in [0.1, 0.15) is 0 Å². The van der Waals surface area contributed by atoms with Gasteiger partial charge in [-0.05, 0) is 0 Å². The molecule has 0 unspecified atom stereocenters. The maximum absolute atomic E-state index is 3.99. The molecule has 4 nitrogen and oxygen atoms in total. The maximum Gasteiger partial charge on any atom is 0.181 e. The Morgan fingerprint density at radius 3 is 2.64 bits per heavy atom. The van der Waals surface area contributed by atoms with Crippen LogP contribution >= 0.6 is 0 Å². The van der Waals surface area contributed by atoms with Gasteiger partial charge in [0.1, 0.15) is 11.8 Å². The van der Waals surface area contributed by atoms with E-state index in [4.69, 9.17) is 0 Å². The number of hydrogen-bond acceptors (Lipinski definition) is 4. The average Bonchev–Trinajstić information content (AvgIpc) is 2.05. The molecule has 2 heterocycles. The molecule has 50 valence electrons. The first-order valence-corrected chi connectivity index (χ1v) is 2.83. The third-order valence-corrected chi connectivity index (χ3v) is 1.15. The van der Waals surface area contributed by atoms with Gasteiger partial charge in [-0.3, -0.25) is 0 Å². The van der Waals surface area contributed by atoms with Crippen molar-refractivity contribution in [1.29, 1.82) is 0 Å². The SMILES string of the molecule is [Zn].c1cnc2ncncc2n1. The molecule has 0 saturated heterocycles. The van der Waals surface area contributed by atoms with E-state index in [0.717, 1.165) is 5.52 Å². The number of hydrogen-bond donors (Lipinski definition) is 0. The molecule has 0 aromatic carbocycles. The van der Waals surface area contributed by atoms with Crippen molar-refractivity contribution < 1.29 is 19.5 Å². The zero-order chi connectivity index (χ0) is 6.81. The van der Waals surface area contributed by atoms with Gasteiger partial charge in [0.25, 0.3) is 0 Å². The van der Waals surface area contributed by atoms with Gasteiger partial charge in [-0.15, -0.1) is 0 Å². The molecule has 0 aliphatic heterocycles. The summed E-state index contributed by atoms with van der Waals surface area (Å²) in [6.45, 7) is 0. The summed E-state index contributed by atoms with van der Waals surface area (Å²) in [5.74, 6) is 0. The quantitative estimate of drug-likeness (QED) is 0.575. The molecule has 2 aromatic heterocycles. The molecule has 0 amide bonds. The molecule has 0 aliphatic rings. The second-order valence-corrected chi connectivity index (χ2v) is 1.79. The molecule has 11 heavy (non-hydrogen) atoms. The van der Waals surface area contributed by atoms with Crippen LogP contribution in [0, 0.1) is 0 Å². The fourth-order valence-corrected chi connectivity index (χ4v) is 0.724. The number of rotatable bonds is 0. The number of fused-ring (bicyclic) bond motifs is 1. The molecule has 2 aromatic rings. The molecule has 0 atom stereocenters. The van der Waals surface area contributed by atoms with Crippen LogP contribution in [-0.4, -0.2) is 19.9 Å². The first-order chi connectivity index (χ1) is 4.97. The minimum Gasteiger partial charge on any atom is -0.250 e. The standard InChI is InChI=1S/C6H4N4.Zn/c1-2-9-6-5(8-1)3-7-4-10-6;/h1-4H;. The third-order valence-electron chi connectivity index (χ3n) is 1.15. The van der Waals surface area contributed by atoms with Gasteiger partial charge in [0.15, 0.2) is 5.65 Å². The molecule has 0 radical (unpaired) electrons. The van der Waals surface area contributed by atoms with Crippen molar-refractivity contribution in [1.82, 2.24) is 19.9 Å². The van der Waals surface area contributed by atoms with E-state index in [1.807, 2.05) is 0 Å². The van der Waals surface area contributed by atoms with Gasteiger partial charge in [-0.1, -0.05) is 0 Å². The number of aromatic nitrogens is 4. The Morgan fingerprint density at radius 1 is 1.00 bits per heavy atom. The Balaban J connectivity index is 0.000000605. The first kappa shape index (κ1) is 8.14. The molecule has 0 fully saturated rings. The third kappa shape index (κ3) is 1.54. The van der Waals surface area contributed by atoms with Crippen LogP contribution in [0.4, 0.5) is 0 Å². The minimum absolute atomic E-state index is 0. The van der Waals surface area contributed by atoms with E-state index in [-0.39, 0.29) is 19.5 Å². The molecule has 0 aliphatic carbocycles. The van der Waals surface area contributed by atoms with Crippen LogP contribution in [0.2, 0.25) is 0 Å². The molecule has 5 heteroatoms. The molecule has 0 N–H and O–H groups in total. The summed E-state index contributed by atoms with van der Waals surface area (Å²) in [6, 6.07) is 0. The van der Waals surface area contributed by atoms with E-state index < -0.39 is 0 Å². The summed E-state index contributed by atoms with van der Waals surface area (Å²) in [5.41, 5.74) is 1.36. The van der Waals surface area contributed by atoms with Crippen LogP contribution in [0.25, 0.3) is 11.2 Å². The predicted molar refractivity (Wildman–Crippen MR) is 35.1 cm³/mol. The van der Waals surface area contributed by atoms with Crippen molar-refractivity contribution in [2.75, 3.05) is 0 Å². The van der Waals surface area contributed by atoms with E-state index in [9.17, 15) is 0 Å². The molecule has 0 spiro atoms. The molecule has 0 bridgehead atoms. The topological polar surface area (TPSA) is 51.6 Å². The maximum atomic E-state index is 3.99. The summed E-state index contributed by atoms with van der Waals surface area (Å²) in [7, 11) is 0. The van der Waals surface area contributed by atoms with Crippen LogP contribution in [-0.2, 0) is 19.5 Å². The Morgan fingerprint density at radius 2 is 1.82 bits per heavy atom. The van der Waals surface area contributed by atoms with Crippen LogP contribution < -0.4 is 0 Å². The van der Waals surface area contributed by atoms with E-state index in [1.165, 1.54) is 6.33 Å². The van der Waals surface area contributed by atoms with Crippen molar-refractivity contribution in [3.05, 3.63) is 24.9 Å². The van der Waals surface area contributed by atoms with Crippen molar-refractivity contribution in [2.24, 2.45) is 0 Å². The molecular formula is C6H4N4Zn. The second-order valence-electron chi connectivity index (χ2n) is 1.79. The summed E-state index contributed by atoms with van der Waals surface area (Å²) in [6.07, 6.45) is 6.31. The van der Waals surface area contributed by atoms with Crippen LogP contribution in [0.15, 0.2) is 24.9 Å². The molecular weight excluding hydrogens is 193 g/mol. The van der Waals surface area contributed by atoms with Crippen molar-refractivity contribution in [3.63, 3.8) is 0 Å². The van der Waals surface area contributed by atoms with E-state index in [1.54, 1.807) is 18.6 Å². The fourth-order valence-electron chi connectivity index (χ4n) is 0.724. The Labute approximate surface area is 75.9 Å². The van der Waals surface area contributed by atoms with Crippen molar-refractivity contribution in [3.8, 4) is 0 Å². The predicted octanol–water partition coefficient (Wildman–Crippen LogP) is 0.417.